The van der Waals surface area contributed by atoms with Crippen LogP contribution in [0, 0.1) is 6.92 Å². The fraction of sp³-hybridized carbons (Fsp3) is 0.400. The maximum absolute atomic E-state index is 4.53. The van der Waals surface area contributed by atoms with Gasteiger partial charge in [-0.25, -0.2) is 15.0 Å². The highest BCUT2D eigenvalue weighted by Gasteiger charge is 2.27. The largest absolute Gasteiger partial charge is 0.351 e. The second-order valence-corrected chi connectivity index (χ2v) is 5.55. The number of H-pyrrole nitrogens is 1. The monoisotopic (exact) mass is 282 g/mol. The van der Waals surface area contributed by atoms with Gasteiger partial charge in [-0.1, -0.05) is 0 Å². The molecular weight excluding hydrogens is 264 g/mol. The fourth-order valence-electron chi connectivity index (χ4n) is 3.22. The highest BCUT2D eigenvalue weighted by atomic mass is 15.3. The summed E-state index contributed by atoms with van der Waals surface area (Å²) >= 11 is 0. The van der Waals surface area contributed by atoms with Crippen LogP contribution in [0.25, 0.3) is 11.0 Å². The number of nitrogens with one attached hydrogen (secondary N) is 1. The molecule has 1 unspecified atom stereocenters. The van der Waals surface area contributed by atoms with Crippen molar-refractivity contribution in [3.63, 3.8) is 0 Å². The number of hydrogen-bond donors (Lipinski definition) is 1. The van der Waals surface area contributed by atoms with Crippen molar-refractivity contribution in [2.45, 2.75) is 32.4 Å². The lowest BCUT2D eigenvalue weighted by Gasteiger charge is -2.26. The normalized spacial score (nSPS) is 18.7. The Kier molecular flexibility index (Phi) is 2.87. The Morgan fingerprint density at radius 3 is 3.14 bits per heavy atom. The van der Waals surface area contributed by atoms with Crippen LogP contribution in [0.5, 0.6) is 0 Å². The number of fused-ring (bicyclic) bond motifs is 1. The van der Waals surface area contributed by atoms with Crippen LogP contribution in [0.2, 0.25) is 0 Å². The van der Waals surface area contributed by atoms with Gasteiger partial charge in [0.2, 0.25) is 0 Å². The van der Waals surface area contributed by atoms with Crippen LogP contribution >= 0.6 is 0 Å². The van der Waals surface area contributed by atoms with E-state index in [2.05, 4.69) is 41.7 Å². The summed E-state index contributed by atoms with van der Waals surface area (Å²) in [5.41, 5.74) is 0.907. The molecule has 0 aliphatic carbocycles. The Morgan fingerprint density at radius 2 is 2.29 bits per heavy atom. The number of rotatable bonds is 3. The Labute approximate surface area is 122 Å². The van der Waals surface area contributed by atoms with E-state index < -0.39 is 0 Å². The highest BCUT2D eigenvalue weighted by Crippen LogP contribution is 2.29. The molecular formula is C15H18N6. The van der Waals surface area contributed by atoms with Crippen LogP contribution in [0.4, 0.5) is 5.82 Å². The lowest BCUT2D eigenvalue weighted by atomic mass is 10.2. The third-order valence-corrected chi connectivity index (χ3v) is 4.31. The molecule has 1 atom stereocenters. The first-order chi connectivity index (χ1) is 10.3. The summed E-state index contributed by atoms with van der Waals surface area (Å²) in [5.74, 6) is 2.11. The number of imidazole rings is 1. The molecule has 0 aromatic carbocycles. The molecule has 4 rings (SSSR count). The van der Waals surface area contributed by atoms with Gasteiger partial charge in [-0.3, -0.25) is 0 Å². The van der Waals surface area contributed by atoms with Gasteiger partial charge in [-0.05, 0) is 25.8 Å². The molecule has 4 heterocycles. The Balaban J connectivity index is 1.67. The van der Waals surface area contributed by atoms with Crippen molar-refractivity contribution in [1.29, 1.82) is 0 Å². The van der Waals surface area contributed by atoms with E-state index in [9.17, 15) is 0 Å². The van der Waals surface area contributed by atoms with Crippen LogP contribution < -0.4 is 4.90 Å². The average molecular weight is 282 g/mol. The van der Waals surface area contributed by atoms with Crippen molar-refractivity contribution in [1.82, 2.24) is 24.5 Å². The maximum atomic E-state index is 4.53. The summed E-state index contributed by atoms with van der Waals surface area (Å²) in [7, 11) is 0. The van der Waals surface area contributed by atoms with Crippen LogP contribution in [0.3, 0.4) is 0 Å². The van der Waals surface area contributed by atoms with Crippen molar-refractivity contribution in [3.05, 3.63) is 36.8 Å². The molecule has 0 amide bonds. The Bertz CT molecular complexity index is 758. The molecule has 108 valence electrons. The minimum absolute atomic E-state index is 0.464. The quantitative estimate of drug-likeness (QED) is 0.799. The number of anilines is 1. The zero-order valence-electron chi connectivity index (χ0n) is 12.0. The summed E-state index contributed by atoms with van der Waals surface area (Å²) in [6.45, 7) is 4.06. The summed E-state index contributed by atoms with van der Waals surface area (Å²) in [6, 6.07) is 2.52. The Hall–Kier alpha value is -2.37. The van der Waals surface area contributed by atoms with Gasteiger partial charge in [-0.15, -0.1) is 0 Å². The van der Waals surface area contributed by atoms with Gasteiger partial charge >= 0.3 is 0 Å². The average Bonchev–Trinajstić information content (AvgIpc) is 3.21. The number of aryl methyl sites for hydroxylation is 1. The number of aromatic nitrogens is 5. The predicted octanol–water partition coefficient (Wildman–Crippen LogP) is 2.13. The van der Waals surface area contributed by atoms with E-state index in [-0.39, 0.29) is 0 Å². The molecule has 3 aromatic heterocycles. The first-order valence-electron chi connectivity index (χ1n) is 7.35. The highest BCUT2D eigenvalue weighted by molar-refractivity contribution is 5.87. The van der Waals surface area contributed by atoms with Gasteiger partial charge in [0.1, 0.15) is 23.6 Å². The topological polar surface area (TPSA) is 62.6 Å². The number of nitrogens with zero attached hydrogens (tertiary/aromatic N) is 5. The van der Waals surface area contributed by atoms with Crippen molar-refractivity contribution >= 4 is 16.9 Å². The minimum atomic E-state index is 0.464. The van der Waals surface area contributed by atoms with Crippen LogP contribution in [0.1, 0.15) is 18.7 Å². The summed E-state index contributed by atoms with van der Waals surface area (Å²) in [4.78, 5) is 18.7. The zero-order valence-corrected chi connectivity index (χ0v) is 12.0. The van der Waals surface area contributed by atoms with Gasteiger partial charge in [0.05, 0.1) is 5.39 Å². The summed E-state index contributed by atoms with van der Waals surface area (Å²) in [5, 5.41) is 1.10. The summed E-state index contributed by atoms with van der Waals surface area (Å²) in [6.07, 6.45) is 9.88. The molecule has 0 bridgehead atoms. The fourth-order valence-corrected chi connectivity index (χ4v) is 3.22. The van der Waals surface area contributed by atoms with Gasteiger partial charge in [0.15, 0.2) is 0 Å². The van der Waals surface area contributed by atoms with E-state index in [1.807, 2.05) is 19.3 Å². The lowest BCUT2D eigenvalue weighted by molar-refractivity contribution is 0.539. The molecule has 0 radical (unpaired) electrons. The summed E-state index contributed by atoms with van der Waals surface area (Å²) < 4.78 is 2.22. The first-order valence-corrected chi connectivity index (χ1v) is 7.35. The van der Waals surface area contributed by atoms with Crippen LogP contribution in [-0.2, 0) is 6.54 Å². The van der Waals surface area contributed by atoms with E-state index >= 15 is 0 Å². The van der Waals surface area contributed by atoms with E-state index in [4.69, 9.17) is 0 Å². The lowest BCUT2D eigenvalue weighted by Crippen LogP contribution is -2.33. The number of aromatic amines is 1. The van der Waals surface area contributed by atoms with Crippen molar-refractivity contribution in [2.24, 2.45) is 0 Å². The van der Waals surface area contributed by atoms with Gasteiger partial charge in [-0.2, -0.15) is 0 Å². The SMILES string of the molecule is Cc1nccn1CC1CCCN1c1ncnc2[nH]ccc12. The van der Waals surface area contributed by atoms with Crippen LogP contribution in [-0.4, -0.2) is 37.1 Å². The molecule has 0 saturated carbocycles. The van der Waals surface area contributed by atoms with Crippen molar-refractivity contribution in [2.75, 3.05) is 11.4 Å². The maximum Gasteiger partial charge on any atom is 0.142 e. The van der Waals surface area contributed by atoms with Gasteiger partial charge < -0.3 is 14.5 Å². The van der Waals surface area contributed by atoms with E-state index in [0.717, 1.165) is 35.8 Å². The Morgan fingerprint density at radius 1 is 1.33 bits per heavy atom. The van der Waals surface area contributed by atoms with Crippen molar-refractivity contribution < 1.29 is 0 Å². The molecule has 1 saturated heterocycles. The first kappa shape index (κ1) is 12.4. The molecule has 3 aromatic rings. The molecule has 21 heavy (non-hydrogen) atoms. The van der Waals surface area contributed by atoms with Gasteiger partial charge in [0.25, 0.3) is 0 Å². The van der Waals surface area contributed by atoms with Crippen molar-refractivity contribution in [3.8, 4) is 0 Å². The molecule has 1 N–H and O–H groups in total. The second kappa shape index (κ2) is 4.87. The predicted molar refractivity (Wildman–Crippen MR) is 81.2 cm³/mol. The van der Waals surface area contributed by atoms with E-state index in [0.29, 0.717) is 6.04 Å². The second-order valence-electron chi connectivity index (χ2n) is 5.55. The molecule has 1 fully saturated rings. The standard InChI is InChI=1S/C15H18N6/c1-11-16-6-8-20(11)9-12-3-2-7-21(12)15-13-4-5-17-14(13)18-10-19-15/h4-6,8,10,12H,2-3,7,9H2,1H3,(H,17,18,19). The molecule has 6 heteroatoms. The molecule has 1 aliphatic heterocycles. The van der Waals surface area contributed by atoms with E-state index in [1.165, 1.54) is 12.8 Å². The van der Waals surface area contributed by atoms with E-state index in [1.54, 1.807) is 6.33 Å². The molecule has 6 nitrogen and oxygen atoms in total. The third kappa shape index (κ3) is 2.07. The molecule has 0 spiro atoms. The zero-order chi connectivity index (χ0) is 14.2. The smallest absolute Gasteiger partial charge is 0.142 e. The molecule has 1 aliphatic rings. The number of hydrogen-bond acceptors (Lipinski definition) is 4. The minimum Gasteiger partial charge on any atom is -0.351 e. The third-order valence-electron chi connectivity index (χ3n) is 4.31. The van der Waals surface area contributed by atoms with Crippen LogP contribution in [0.15, 0.2) is 31.0 Å². The van der Waals surface area contributed by atoms with Gasteiger partial charge in [0, 0.05) is 37.7 Å².